The van der Waals surface area contributed by atoms with Gasteiger partial charge in [-0.1, -0.05) is 60.6 Å². The molecule has 4 rings (SSSR count). The zero-order chi connectivity index (χ0) is 28.2. The summed E-state index contributed by atoms with van der Waals surface area (Å²) >= 11 is 15.5. The molecule has 0 bridgehead atoms. The molecular weight excluding hydrogens is 585 g/mol. The van der Waals surface area contributed by atoms with E-state index in [1.54, 1.807) is 0 Å². The molecule has 2 aromatic rings. The van der Waals surface area contributed by atoms with Crippen LogP contribution in [0.4, 0.5) is 17.2 Å². The van der Waals surface area contributed by atoms with E-state index in [1.807, 2.05) is 13.8 Å². The van der Waals surface area contributed by atoms with Crippen LogP contribution in [0.3, 0.4) is 0 Å². The molecule has 0 aromatic carbocycles. The lowest BCUT2D eigenvalue weighted by atomic mass is 10.2. The first kappa shape index (κ1) is 30.5. The zero-order valence-electron chi connectivity index (χ0n) is 22.4. The molecular formula is C24H35Cl2N7O4S2. The highest BCUT2D eigenvalue weighted by Crippen LogP contribution is 2.41. The Kier molecular flexibility index (Phi) is 10.5. The molecule has 0 spiro atoms. The van der Waals surface area contributed by atoms with Gasteiger partial charge in [-0.25, -0.2) is 15.0 Å². The van der Waals surface area contributed by atoms with Crippen LogP contribution in [-0.4, -0.2) is 74.8 Å². The monoisotopic (exact) mass is 619 g/mol. The Morgan fingerprint density at radius 3 is 2.21 bits per heavy atom. The molecule has 2 aromatic heterocycles. The van der Waals surface area contributed by atoms with Crippen LogP contribution in [0.2, 0.25) is 10.3 Å². The van der Waals surface area contributed by atoms with Crippen molar-refractivity contribution in [1.82, 2.24) is 19.9 Å². The average Bonchev–Trinajstić information content (AvgIpc) is 3.37. The van der Waals surface area contributed by atoms with Gasteiger partial charge in [0.15, 0.2) is 32.2 Å². The molecule has 1 aliphatic heterocycles. The second-order valence-electron chi connectivity index (χ2n) is 9.58. The topological polar surface area (TPSA) is 153 Å². The Labute approximate surface area is 247 Å². The normalized spacial score (nSPS) is 23.6. The lowest BCUT2D eigenvalue weighted by Gasteiger charge is -2.25. The summed E-state index contributed by atoms with van der Waals surface area (Å²) in [6.45, 7) is 8.44. The van der Waals surface area contributed by atoms with Gasteiger partial charge in [0.25, 0.3) is 0 Å². The summed E-state index contributed by atoms with van der Waals surface area (Å²) in [6.07, 6.45) is 1.75. The third kappa shape index (κ3) is 7.63. The van der Waals surface area contributed by atoms with Crippen LogP contribution < -0.4 is 21.5 Å². The fourth-order valence-corrected chi connectivity index (χ4v) is 6.13. The largest absolute Gasteiger partial charge is 0.474 e. The summed E-state index contributed by atoms with van der Waals surface area (Å²) in [5.74, 6) is 1.71. The lowest BCUT2D eigenvalue weighted by Crippen LogP contribution is -2.35. The van der Waals surface area contributed by atoms with E-state index >= 15 is 0 Å². The van der Waals surface area contributed by atoms with E-state index in [2.05, 4.69) is 39.1 Å². The standard InChI is InChI=1S/C24H35Cl2N7O4S2/c1-5-9-38-22-30-18(25)14(27)20(32-22)29-12-11-13(17-16(12)36-24(3,4)37-17)34-7-8-35-21-15(28)19(26)31-23(33-21)39-10-6-2/h12-13,16-17H,5-11,27-28H2,1-4H3,(H,29,30,32)/t12-,13+,16+,17-/m1/s1. The zero-order valence-corrected chi connectivity index (χ0v) is 25.6. The number of thioether (sulfide) groups is 2. The fourth-order valence-electron chi connectivity index (χ4n) is 4.31. The Morgan fingerprint density at radius 2 is 1.54 bits per heavy atom. The molecule has 5 N–H and O–H groups in total. The van der Waals surface area contributed by atoms with E-state index in [4.69, 9.17) is 53.6 Å². The van der Waals surface area contributed by atoms with E-state index in [9.17, 15) is 0 Å². The number of rotatable bonds is 13. The summed E-state index contributed by atoms with van der Waals surface area (Å²) < 4.78 is 24.5. The van der Waals surface area contributed by atoms with Crippen molar-refractivity contribution >= 4 is 63.9 Å². The maximum Gasteiger partial charge on any atom is 0.243 e. The first-order valence-corrected chi connectivity index (χ1v) is 15.6. The molecule has 11 nitrogen and oxygen atoms in total. The number of anilines is 3. The number of ether oxygens (including phenoxy) is 4. The Bertz CT molecular complexity index is 1150. The second kappa shape index (κ2) is 13.5. The first-order valence-electron chi connectivity index (χ1n) is 12.9. The Hall–Kier alpha value is -1.48. The number of nitrogens with zero attached hydrogens (tertiary/aromatic N) is 4. The molecule has 3 heterocycles. The molecule has 0 unspecified atom stereocenters. The highest BCUT2D eigenvalue weighted by atomic mass is 35.5. The lowest BCUT2D eigenvalue weighted by molar-refractivity contribution is -0.167. The van der Waals surface area contributed by atoms with Crippen LogP contribution in [0, 0.1) is 0 Å². The SMILES string of the molecule is CCCSc1nc(Cl)c(N)c(N[C@@H]2C[C@H](OCCOc3nc(SCCC)nc(Cl)c3N)[C@H]3OC(C)(C)O[C@H]32)n1. The van der Waals surface area contributed by atoms with Crippen LogP contribution in [0.5, 0.6) is 5.88 Å². The maximum absolute atomic E-state index is 6.31. The average molecular weight is 621 g/mol. The smallest absolute Gasteiger partial charge is 0.243 e. The van der Waals surface area contributed by atoms with Crippen molar-refractivity contribution in [3.05, 3.63) is 10.3 Å². The summed E-state index contributed by atoms with van der Waals surface area (Å²) in [5, 5.41) is 4.91. The minimum atomic E-state index is -0.760. The van der Waals surface area contributed by atoms with Gasteiger partial charge < -0.3 is 35.7 Å². The van der Waals surface area contributed by atoms with Crippen LogP contribution in [0.1, 0.15) is 47.0 Å². The molecule has 0 amide bonds. The molecule has 216 valence electrons. The van der Waals surface area contributed by atoms with Crippen molar-refractivity contribution in [2.24, 2.45) is 0 Å². The van der Waals surface area contributed by atoms with Gasteiger partial charge in [0.1, 0.15) is 30.2 Å². The highest BCUT2D eigenvalue weighted by molar-refractivity contribution is 7.99. The predicted octanol–water partition coefficient (Wildman–Crippen LogP) is 4.91. The number of fused-ring (bicyclic) bond motifs is 1. The van der Waals surface area contributed by atoms with Gasteiger partial charge in [0.2, 0.25) is 5.88 Å². The van der Waals surface area contributed by atoms with Crippen molar-refractivity contribution in [1.29, 1.82) is 0 Å². The molecule has 1 aliphatic carbocycles. The first-order chi connectivity index (χ1) is 18.6. The van der Waals surface area contributed by atoms with Gasteiger partial charge in [-0.15, -0.1) is 0 Å². The molecule has 0 radical (unpaired) electrons. The van der Waals surface area contributed by atoms with E-state index < -0.39 is 5.79 Å². The number of nitrogen functional groups attached to an aromatic ring is 2. The van der Waals surface area contributed by atoms with Crippen molar-refractivity contribution in [3.8, 4) is 5.88 Å². The van der Waals surface area contributed by atoms with Gasteiger partial charge >= 0.3 is 0 Å². The molecule has 1 saturated carbocycles. The number of halogens is 2. The van der Waals surface area contributed by atoms with Crippen molar-refractivity contribution in [2.75, 3.05) is 41.5 Å². The summed E-state index contributed by atoms with van der Waals surface area (Å²) in [5.41, 5.74) is 12.7. The fraction of sp³-hybridized carbons (Fsp3) is 0.667. The third-order valence-corrected chi connectivity index (χ3v) is 8.66. The van der Waals surface area contributed by atoms with Gasteiger partial charge in [0, 0.05) is 11.5 Å². The molecule has 15 heteroatoms. The number of hydrogen-bond acceptors (Lipinski definition) is 13. The maximum atomic E-state index is 6.31. The van der Waals surface area contributed by atoms with Crippen LogP contribution in [-0.2, 0) is 14.2 Å². The molecule has 2 fully saturated rings. The van der Waals surface area contributed by atoms with Gasteiger partial charge in [-0.3, -0.25) is 0 Å². The number of hydrogen-bond donors (Lipinski definition) is 3. The minimum absolute atomic E-state index is 0.172. The van der Waals surface area contributed by atoms with Crippen LogP contribution in [0.25, 0.3) is 0 Å². The summed E-state index contributed by atoms with van der Waals surface area (Å²) in [7, 11) is 0. The summed E-state index contributed by atoms with van der Waals surface area (Å²) in [4.78, 5) is 17.5. The highest BCUT2D eigenvalue weighted by Gasteiger charge is 2.54. The van der Waals surface area contributed by atoms with E-state index in [0.717, 1.165) is 24.3 Å². The van der Waals surface area contributed by atoms with Crippen LogP contribution in [0.15, 0.2) is 10.3 Å². The van der Waals surface area contributed by atoms with Crippen LogP contribution >= 0.6 is 46.7 Å². The minimum Gasteiger partial charge on any atom is -0.474 e. The van der Waals surface area contributed by atoms with E-state index in [0.29, 0.717) is 28.2 Å². The number of nitrogens with two attached hydrogens (primary N) is 2. The van der Waals surface area contributed by atoms with Gasteiger partial charge in [-0.05, 0) is 33.1 Å². The quantitative estimate of drug-likeness (QED) is 0.120. The van der Waals surface area contributed by atoms with Crippen molar-refractivity contribution in [3.63, 3.8) is 0 Å². The van der Waals surface area contributed by atoms with E-state index in [1.165, 1.54) is 23.5 Å². The second-order valence-corrected chi connectivity index (χ2v) is 12.4. The molecule has 39 heavy (non-hydrogen) atoms. The van der Waals surface area contributed by atoms with Gasteiger partial charge in [-0.2, -0.15) is 4.98 Å². The van der Waals surface area contributed by atoms with Crippen molar-refractivity contribution < 1.29 is 18.9 Å². The molecule has 4 atom stereocenters. The van der Waals surface area contributed by atoms with Gasteiger partial charge in [0.05, 0.1) is 18.8 Å². The van der Waals surface area contributed by atoms with E-state index in [-0.39, 0.29) is 59.4 Å². The Balaban J connectivity index is 1.40. The molecule has 2 aliphatic rings. The predicted molar refractivity (Wildman–Crippen MR) is 156 cm³/mol. The number of aromatic nitrogens is 4. The molecule has 1 saturated heterocycles. The number of nitrogens with one attached hydrogen (secondary N) is 1. The summed E-state index contributed by atoms with van der Waals surface area (Å²) in [6, 6.07) is -0.172. The Morgan fingerprint density at radius 1 is 0.923 bits per heavy atom. The van der Waals surface area contributed by atoms with Crippen molar-refractivity contribution in [2.45, 2.75) is 87.4 Å². The third-order valence-electron chi connectivity index (χ3n) is 5.98.